The van der Waals surface area contributed by atoms with Crippen LogP contribution >= 0.6 is 0 Å². The highest BCUT2D eigenvalue weighted by molar-refractivity contribution is 5.82. The van der Waals surface area contributed by atoms with Gasteiger partial charge in [-0.3, -0.25) is 14.5 Å². The highest BCUT2D eigenvalue weighted by Crippen LogP contribution is 2.28. The van der Waals surface area contributed by atoms with Crippen molar-refractivity contribution in [1.29, 1.82) is 0 Å². The summed E-state index contributed by atoms with van der Waals surface area (Å²) < 4.78 is 0. The summed E-state index contributed by atoms with van der Waals surface area (Å²) in [6.07, 6.45) is 1.41. The summed E-state index contributed by atoms with van der Waals surface area (Å²) in [5.74, 6) is -0.992. The Morgan fingerprint density at radius 3 is 2.70 bits per heavy atom. The quantitative estimate of drug-likeness (QED) is 0.849. The molecule has 5 heteroatoms. The molecule has 0 bridgehead atoms. The number of benzene rings is 1. The number of nitrogens with zero attached hydrogens (tertiary/aromatic N) is 1. The lowest BCUT2D eigenvalue weighted by Crippen LogP contribution is -2.51. The topological polar surface area (TPSA) is 69.6 Å². The van der Waals surface area contributed by atoms with Gasteiger partial charge in [0.2, 0.25) is 5.91 Å². The van der Waals surface area contributed by atoms with Crippen LogP contribution in [0.15, 0.2) is 30.3 Å². The zero-order valence-electron chi connectivity index (χ0n) is 11.6. The van der Waals surface area contributed by atoms with Gasteiger partial charge in [-0.2, -0.15) is 0 Å². The van der Waals surface area contributed by atoms with Gasteiger partial charge in [-0.25, -0.2) is 0 Å². The molecule has 2 rings (SSSR count). The third-order valence-corrected chi connectivity index (χ3v) is 3.92. The lowest BCUT2D eigenvalue weighted by molar-refractivity contribution is -0.149. The molecule has 1 fully saturated rings. The first-order chi connectivity index (χ1) is 9.52. The van der Waals surface area contributed by atoms with Crippen molar-refractivity contribution in [1.82, 2.24) is 10.2 Å². The average molecular weight is 276 g/mol. The predicted octanol–water partition coefficient (Wildman–Crippen LogP) is 1.24. The monoisotopic (exact) mass is 276 g/mol. The normalized spacial score (nSPS) is 22.6. The molecular weight excluding hydrogens is 256 g/mol. The zero-order valence-corrected chi connectivity index (χ0v) is 11.6. The molecular formula is C15H20N2O3. The summed E-state index contributed by atoms with van der Waals surface area (Å²) >= 11 is 0. The Morgan fingerprint density at radius 1 is 1.35 bits per heavy atom. The summed E-state index contributed by atoms with van der Waals surface area (Å²) in [5.41, 5.74) is 0.118. The van der Waals surface area contributed by atoms with Crippen molar-refractivity contribution in [2.24, 2.45) is 0 Å². The van der Waals surface area contributed by atoms with E-state index < -0.39 is 11.5 Å². The van der Waals surface area contributed by atoms with Gasteiger partial charge >= 0.3 is 5.97 Å². The predicted molar refractivity (Wildman–Crippen MR) is 75.1 cm³/mol. The van der Waals surface area contributed by atoms with Gasteiger partial charge < -0.3 is 10.4 Å². The molecule has 108 valence electrons. The average Bonchev–Trinajstić information content (AvgIpc) is 2.80. The van der Waals surface area contributed by atoms with Crippen LogP contribution in [-0.2, 0) is 16.1 Å². The first-order valence-corrected chi connectivity index (χ1v) is 6.81. The smallest absolute Gasteiger partial charge is 0.323 e. The third kappa shape index (κ3) is 3.17. The molecule has 1 aromatic carbocycles. The molecule has 5 nitrogen and oxygen atoms in total. The van der Waals surface area contributed by atoms with Gasteiger partial charge in [-0.05, 0) is 31.9 Å². The molecule has 1 atom stereocenters. The fraction of sp³-hybridized carbons (Fsp3) is 0.467. The first-order valence-electron chi connectivity index (χ1n) is 6.81. The summed E-state index contributed by atoms with van der Waals surface area (Å²) in [6.45, 7) is 2.95. The van der Waals surface area contributed by atoms with Crippen molar-refractivity contribution < 1.29 is 14.7 Å². The molecule has 20 heavy (non-hydrogen) atoms. The van der Waals surface area contributed by atoms with E-state index in [1.807, 2.05) is 30.3 Å². The van der Waals surface area contributed by atoms with Crippen LogP contribution in [-0.4, -0.2) is 40.5 Å². The van der Waals surface area contributed by atoms with E-state index in [1.54, 1.807) is 11.8 Å². The molecule has 2 N–H and O–H groups in total. The minimum atomic E-state index is -0.913. The lowest BCUT2D eigenvalue weighted by Gasteiger charge is -2.30. The molecule has 0 spiro atoms. The van der Waals surface area contributed by atoms with Gasteiger partial charge in [0.05, 0.1) is 6.54 Å². The lowest BCUT2D eigenvalue weighted by atomic mass is 9.99. The number of carbonyl (C=O) groups is 2. The largest absolute Gasteiger partial charge is 0.480 e. The summed E-state index contributed by atoms with van der Waals surface area (Å²) in [4.78, 5) is 25.0. The number of likely N-dealkylation sites (tertiary alicyclic amines) is 1. The number of carboxylic acids is 1. The highest BCUT2D eigenvalue weighted by atomic mass is 16.4. The molecule has 1 amide bonds. The van der Waals surface area contributed by atoms with E-state index in [9.17, 15) is 14.7 Å². The van der Waals surface area contributed by atoms with Crippen molar-refractivity contribution in [3.05, 3.63) is 35.9 Å². The molecule has 1 aromatic rings. The van der Waals surface area contributed by atoms with E-state index in [1.165, 1.54) is 0 Å². The Balaban J connectivity index is 1.87. The Labute approximate surface area is 118 Å². The molecule has 1 unspecified atom stereocenters. The SMILES string of the molecule is CC1(C(=O)O)CCCN1CC(=O)NCc1ccccc1. The second-order valence-corrected chi connectivity index (χ2v) is 5.37. The number of amides is 1. The Morgan fingerprint density at radius 2 is 2.05 bits per heavy atom. The number of nitrogens with one attached hydrogen (secondary N) is 1. The third-order valence-electron chi connectivity index (χ3n) is 3.92. The number of carboxylic acid groups (broad SMARTS) is 1. The molecule has 0 aliphatic carbocycles. The van der Waals surface area contributed by atoms with E-state index in [4.69, 9.17) is 0 Å². The van der Waals surface area contributed by atoms with Gasteiger partial charge in [0.1, 0.15) is 5.54 Å². The van der Waals surface area contributed by atoms with Crippen LogP contribution in [0.2, 0.25) is 0 Å². The maximum Gasteiger partial charge on any atom is 0.323 e. The number of hydrogen-bond donors (Lipinski definition) is 2. The second kappa shape index (κ2) is 6.05. The van der Waals surface area contributed by atoms with Crippen LogP contribution in [0.5, 0.6) is 0 Å². The minimum absolute atomic E-state index is 0.135. The molecule has 0 radical (unpaired) electrons. The van der Waals surface area contributed by atoms with Gasteiger partial charge in [-0.15, -0.1) is 0 Å². The van der Waals surface area contributed by atoms with E-state index >= 15 is 0 Å². The number of rotatable bonds is 5. The van der Waals surface area contributed by atoms with Crippen LogP contribution < -0.4 is 5.32 Å². The summed E-state index contributed by atoms with van der Waals surface area (Å²) in [6, 6.07) is 9.65. The van der Waals surface area contributed by atoms with Gasteiger partial charge in [0, 0.05) is 6.54 Å². The minimum Gasteiger partial charge on any atom is -0.480 e. The summed E-state index contributed by atoms with van der Waals surface area (Å²) in [5, 5.41) is 12.1. The van der Waals surface area contributed by atoms with Crippen molar-refractivity contribution >= 4 is 11.9 Å². The number of hydrogen-bond acceptors (Lipinski definition) is 3. The van der Waals surface area contributed by atoms with E-state index in [2.05, 4.69) is 5.32 Å². The van der Waals surface area contributed by atoms with Crippen molar-refractivity contribution in [2.75, 3.05) is 13.1 Å². The molecule has 1 aliphatic rings. The fourth-order valence-electron chi connectivity index (χ4n) is 2.54. The van der Waals surface area contributed by atoms with Gasteiger partial charge in [0.15, 0.2) is 0 Å². The van der Waals surface area contributed by atoms with Crippen molar-refractivity contribution in [3.63, 3.8) is 0 Å². The van der Waals surface area contributed by atoms with Crippen LogP contribution in [0.4, 0.5) is 0 Å². The van der Waals surface area contributed by atoms with Gasteiger partial charge in [0.25, 0.3) is 0 Å². The number of carbonyl (C=O) groups excluding carboxylic acids is 1. The number of aliphatic carboxylic acids is 1. The van der Waals surface area contributed by atoms with E-state index in [0.717, 1.165) is 12.0 Å². The maximum absolute atomic E-state index is 11.9. The van der Waals surface area contributed by atoms with E-state index in [0.29, 0.717) is 19.5 Å². The van der Waals surface area contributed by atoms with Crippen molar-refractivity contribution in [2.45, 2.75) is 31.8 Å². The standard InChI is InChI=1S/C15H20N2O3/c1-15(14(19)20)8-5-9-17(15)11-13(18)16-10-12-6-3-2-4-7-12/h2-4,6-7H,5,8-11H2,1H3,(H,16,18)(H,19,20). The van der Waals surface area contributed by atoms with Crippen LogP contribution in [0.25, 0.3) is 0 Å². The maximum atomic E-state index is 11.9. The van der Waals surface area contributed by atoms with Crippen LogP contribution in [0, 0.1) is 0 Å². The highest BCUT2D eigenvalue weighted by Gasteiger charge is 2.43. The van der Waals surface area contributed by atoms with Crippen LogP contribution in [0.3, 0.4) is 0 Å². The van der Waals surface area contributed by atoms with Crippen molar-refractivity contribution in [3.8, 4) is 0 Å². The molecule has 1 saturated heterocycles. The molecule has 1 heterocycles. The second-order valence-electron chi connectivity index (χ2n) is 5.37. The molecule has 0 aromatic heterocycles. The van der Waals surface area contributed by atoms with Gasteiger partial charge in [-0.1, -0.05) is 30.3 Å². The Kier molecular flexibility index (Phi) is 4.39. The molecule has 1 aliphatic heterocycles. The Bertz CT molecular complexity index is 489. The fourth-order valence-corrected chi connectivity index (χ4v) is 2.54. The van der Waals surface area contributed by atoms with E-state index in [-0.39, 0.29) is 12.5 Å². The Hall–Kier alpha value is -1.88. The first kappa shape index (κ1) is 14.5. The zero-order chi connectivity index (χ0) is 14.6. The summed E-state index contributed by atoms with van der Waals surface area (Å²) in [7, 11) is 0. The molecule has 0 saturated carbocycles. The van der Waals surface area contributed by atoms with Crippen LogP contribution in [0.1, 0.15) is 25.3 Å².